The summed E-state index contributed by atoms with van der Waals surface area (Å²) in [5.41, 5.74) is 3.22. The summed E-state index contributed by atoms with van der Waals surface area (Å²) >= 11 is 1.71. The molecule has 2 aromatic rings. The molecule has 1 saturated heterocycles. The highest BCUT2D eigenvalue weighted by Crippen LogP contribution is 2.24. The lowest BCUT2D eigenvalue weighted by atomic mass is 9.90. The zero-order valence-corrected chi connectivity index (χ0v) is 17.3. The van der Waals surface area contributed by atoms with Crippen molar-refractivity contribution in [3.63, 3.8) is 0 Å². The van der Waals surface area contributed by atoms with Gasteiger partial charge in [0.25, 0.3) is 5.91 Å². The maximum Gasteiger partial charge on any atom is 0.267 e. The SMILES string of the molecule is C[C@@H](NC(=O)c1cc2c([nH]1)CCC2)C1CCN(C(=O)CCc2cccs2)CC1. The van der Waals surface area contributed by atoms with Gasteiger partial charge in [-0.1, -0.05) is 6.07 Å². The molecule has 2 amide bonds. The number of thiophene rings is 1. The molecule has 0 bridgehead atoms. The van der Waals surface area contributed by atoms with Crippen LogP contribution in [0.2, 0.25) is 0 Å². The molecule has 5 nitrogen and oxygen atoms in total. The minimum Gasteiger partial charge on any atom is -0.354 e. The van der Waals surface area contributed by atoms with Crippen LogP contribution in [0.3, 0.4) is 0 Å². The molecule has 28 heavy (non-hydrogen) atoms. The van der Waals surface area contributed by atoms with Gasteiger partial charge < -0.3 is 15.2 Å². The van der Waals surface area contributed by atoms with Gasteiger partial charge in [-0.05, 0) is 74.4 Å². The van der Waals surface area contributed by atoms with Gasteiger partial charge in [0.15, 0.2) is 0 Å². The normalized spacial score (nSPS) is 18.1. The van der Waals surface area contributed by atoms with Gasteiger partial charge in [-0.25, -0.2) is 0 Å². The van der Waals surface area contributed by atoms with Gasteiger partial charge in [0.1, 0.15) is 5.69 Å². The second kappa shape index (κ2) is 8.52. The van der Waals surface area contributed by atoms with Gasteiger partial charge in [-0.15, -0.1) is 11.3 Å². The molecular weight excluding hydrogens is 370 g/mol. The smallest absolute Gasteiger partial charge is 0.267 e. The van der Waals surface area contributed by atoms with Crippen LogP contribution >= 0.6 is 11.3 Å². The maximum atomic E-state index is 12.6. The van der Waals surface area contributed by atoms with Crippen LogP contribution in [0.15, 0.2) is 23.6 Å². The zero-order valence-electron chi connectivity index (χ0n) is 16.5. The number of aromatic nitrogens is 1. The molecular formula is C22H29N3O2S. The Morgan fingerprint density at radius 1 is 1.32 bits per heavy atom. The summed E-state index contributed by atoms with van der Waals surface area (Å²) in [6, 6.07) is 6.26. The van der Waals surface area contributed by atoms with Crippen molar-refractivity contribution in [2.75, 3.05) is 13.1 Å². The number of carbonyl (C=O) groups is 2. The third-order valence-electron chi connectivity index (χ3n) is 6.23. The highest BCUT2D eigenvalue weighted by Gasteiger charge is 2.28. The summed E-state index contributed by atoms with van der Waals surface area (Å²) in [7, 11) is 0. The molecule has 1 atom stereocenters. The van der Waals surface area contributed by atoms with E-state index < -0.39 is 0 Å². The van der Waals surface area contributed by atoms with E-state index in [2.05, 4.69) is 28.7 Å². The lowest BCUT2D eigenvalue weighted by molar-refractivity contribution is -0.132. The molecule has 150 valence electrons. The van der Waals surface area contributed by atoms with E-state index in [9.17, 15) is 9.59 Å². The van der Waals surface area contributed by atoms with Crippen LogP contribution in [0.25, 0.3) is 0 Å². The Morgan fingerprint density at radius 3 is 2.86 bits per heavy atom. The number of H-pyrrole nitrogens is 1. The molecule has 0 radical (unpaired) electrons. The highest BCUT2D eigenvalue weighted by molar-refractivity contribution is 7.09. The number of aryl methyl sites for hydroxylation is 3. The largest absolute Gasteiger partial charge is 0.354 e. The van der Waals surface area contributed by atoms with Crippen molar-refractivity contribution < 1.29 is 9.59 Å². The molecule has 0 saturated carbocycles. The Labute approximate surface area is 170 Å². The Balaban J connectivity index is 1.22. The minimum absolute atomic E-state index is 0.00338. The van der Waals surface area contributed by atoms with E-state index in [1.807, 2.05) is 17.0 Å². The molecule has 0 unspecified atom stereocenters. The van der Waals surface area contributed by atoms with Gasteiger partial charge >= 0.3 is 0 Å². The third kappa shape index (κ3) is 4.32. The van der Waals surface area contributed by atoms with Crippen LogP contribution in [0.4, 0.5) is 0 Å². The lowest BCUT2D eigenvalue weighted by Crippen LogP contribution is -2.45. The molecule has 2 N–H and O–H groups in total. The zero-order chi connectivity index (χ0) is 19.5. The van der Waals surface area contributed by atoms with E-state index in [1.165, 1.54) is 22.6 Å². The summed E-state index contributed by atoms with van der Waals surface area (Å²) in [6.45, 7) is 3.68. The molecule has 0 aromatic carbocycles. The Hall–Kier alpha value is -2.08. The van der Waals surface area contributed by atoms with Gasteiger partial charge in [-0.2, -0.15) is 0 Å². The van der Waals surface area contributed by atoms with Gasteiger partial charge in [-0.3, -0.25) is 9.59 Å². The van der Waals surface area contributed by atoms with E-state index in [0.717, 1.165) is 45.2 Å². The molecule has 2 aromatic heterocycles. The van der Waals surface area contributed by atoms with Crippen LogP contribution in [0, 0.1) is 5.92 Å². The van der Waals surface area contributed by atoms with Crippen LogP contribution in [0.5, 0.6) is 0 Å². The second-order valence-electron chi connectivity index (χ2n) is 8.10. The Morgan fingerprint density at radius 2 is 2.14 bits per heavy atom. The quantitative estimate of drug-likeness (QED) is 0.780. The number of aromatic amines is 1. The topological polar surface area (TPSA) is 65.2 Å². The molecule has 3 heterocycles. The Kier molecular flexibility index (Phi) is 5.85. The van der Waals surface area contributed by atoms with Crippen LogP contribution in [-0.2, 0) is 24.1 Å². The fourth-order valence-electron chi connectivity index (χ4n) is 4.46. The maximum absolute atomic E-state index is 12.6. The first-order valence-corrected chi connectivity index (χ1v) is 11.3. The molecule has 4 rings (SSSR count). The number of hydrogen-bond donors (Lipinski definition) is 2. The predicted octanol–water partition coefficient (Wildman–Crippen LogP) is 3.55. The number of nitrogens with zero attached hydrogens (tertiary/aromatic N) is 1. The second-order valence-corrected chi connectivity index (χ2v) is 9.13. The van der Waals surface area contributed by atoms with E-state index >= 15 is 0 Å². The third-order valence-corrected chi connectivity index (χ3v) is 7.17. The average Bonchev–Trinajstić information content (AvgIpc) is 3.43. The summed E-state index contributed by atoms with van der Waals surface area (Å²) < 4.78 is 0. The van der Waals surface area contributed by atoms with Gasteiger partial charge in [0, 0.05) is 36.1 Å². The number of hydrogen-bond acceptors (Lipinski definition) is 3. The first-order valence-electron chi connectivity index (χ1n) is 10.4. The Bertz CT molecular complexity index is 797. The minimum atomic E-state index is -0.00338. The molecule has 0 spiro atoms. The fourth-order valence-corrected chi connectivity index (χ4v) is 5.17. The standard InChI is InChI=1S/C22H29N3O2S/c1-15(23-22(27)20-14-17-4-2-6-19(17)24-20)16-9-11-25(12-10-16)21(26)8-7-18-5-3-13-28-18/h3,5,13-16,24H,2,4,6-12H2,1H3,(H,23,27)/t15-/m1/s1. The summed E-state index contributed by atoms with van der Waals surface area (Å²) in [6.07, 6.45) is 6.65. The van der Waals surface area contributed by atoms with Crippen LogP contribution < -0.4 is 5.32 Å². The fraction of sp³-hybridized carbons (Fsp3) is 0.545. The van der Waals surface area contributed by atoms with Crippen LogP contribution in [0.1, 0.15) is 59.2 Å². The number of rotatable bonds is 6. The van der Waals surface area contributed by atoms with Gasteiger partial charge in [0.2, 0.25) is 5.91 Å². The number of likely N-dealkylation sites (tertiary alicyclic amines) is 1. The van der Waals surface area contributed by atoms with E-state index in [0.29, 0.717) is 18.0 Å². The summed E-state index contributed by atoms with van der Waals surface area (Å²) in [5, 5.41) is 5.23. The monoisotopic (exact) mass is 399 g/mol. The van der Waals surface area contributed by atoms with Crippen molar-refractivity contribution in [3.8, 4) is 0 Å². The number of amides is 2. The number of nitrogens with one attached hydrogen (secondary N) is 2. The van der Waals surface area contributed by atoms with Crippen molar-refractivity contribution in [2.45, 2.75) is 57.9 Å². The molecule has 1 aliphatic carbocycles. The lowest BCUT2D eigenvalue weighted by Gasteiger charge is -2.35. The molecule has 1 aliphatic heterocycles. The van der Waals surface area contributed by atoms with Crippen molar-refractivity contribution in [3.05, 3.63) is 45.4 Å². The molecule has 1 fully saturated rings. The van der Waals surface area contributed by atoms with Crippen LogP contribution in [-0.4, -0.2) is 40.8 Å². The average molecular weight is 400 g/mol. The highest BCUT2D eigenvalue weighted by atomic mass is 32.1. The first kappa shape index (κ1) is 19.2. The van der Waals surface area contributed by atoms with Crippen molar-refractivity contribution in [2.24, 2.45) is 5.92 Å². The van der Waals surface area contributed by atoms with Crippen molar-refractivity contribution >= 4 is 23.2 Å². The van der Waals surface area contributed by atoms with Gasteiger partial charge in [0.05, 0.1) is 0 Å². The van der Waals surface area contributed by atoms with E-state index in [-0.39, 0.29) is 17.9 Å². The molecule has 2 aliphatic rings. The van der Waals surface area contributed by atoms with E-state index in [1.54, 1.807) is 11.3 Å². The molecule has 6 heteroatoms. The summed E-state index contributed by atoms with van der Waals surface area (Å²) in [5.74, 6) is 0.674. The number of fused-ring (bicyclic) bond motifs is 1. The predicted molar refractivity (Wildman–Crippen MR) is 112 cm³/mol. The van der Waals surface area contributed by atoms with Crippen molar-refractivity contribution in [1.29, 1.82) is 0 Å². The van der Waals surface area contributed by atoms with Crippen molar-refractivity contribution in [1.82, 2.24) is 15.2 Å². The first-order chi connectivity index (χ1) is 13.6. The van der Waals surface area contributed by atoms with E-state index in [4.69, 9.17) is 0 Å². The summed E-state index contributed by atoms with van der Waals surface area (Å²) in [4.78, 5) is 31.6. The number of carbonyl (C=O) groups excluding carboxylic acids is 2. The number of piperidine rings is 1.